The predicted molar refractivity (Wildman–Crippen MR) is 25.8 cm³/mol. The van der Waals surface area contributed by atoms with Gasteiger partial charge in [0, 0.05) is 12.7 Å². The van der Waals surface area contributed by atoms with Crippen LogP contribution in [0, 0.1) is 6.73 Å². The Labute approximate surface area is 43.4 Å². The first-order valence-electron chi connectivity index (χ1n) is 2.28. The molecule has 0 aromatic heterocycles. The molecule has 0 bridgehead atoms. The van der Waals surface area contributed by atoms with Crippen molar-refractivity contribution in [2.45, 2.75) is 6.92 Å². The minimum atomic E-state index is 0.927. The molecular formula is C5H7NO. The highest BCUT2D eigenvalue weighted by molar-refractivity contribution is 4.84. The summed E-state index contributed by atoms with van der Waals surface area (Å²) in [6.07, 6.45) is 3.43. The van der Waals surface area contributed by atoms with Crippen molar-refractivity contribution in [2.75, 3.05) is 6.54 Å². The standard InChI is InChI=1S/C5H7NO/c1-2-6-3-4-7-5-6/h3-4H,2H2,1H3. The molecule has 1 aliphatic heterocycles. The van der Waals surface area contributed by atoms with E-state index in [0.717, 1.165) is 6.54 Å². The van der Waals surface area contributed by atoms with Gasteiger partial charge in [-0.25, -0.2) is 0 Å². The quantitative estimate of drug-likeness (QED) is 0.480. The lowest BCUT2D eigenvalue weighted by Crippen LogP contribution is -2.07. The third kappa shape index (κ3) is 0.856. The average Bonchev–Trinajstić information content (AvgIpc) is 2.14. The van der Waals surface area contributed by atoms with E-state index in [1.807, 2.05) is 18.0 Å². The third-order valence-electron chi connectivity index (χ3n) is 0.819. The van der Waals surface area contributed by atoms with Gasteiger partial charge < -0.3 is 9.64 Å². The lowest BCUT2D eigenvalue weighted by atomic mass is 10.7. The maximum absolute atomic E-state index is 4.64. The maximum atomic E-state index is 4.64. The summed E-state index contributed by atoms with van der Waals surface area (Å²) >= 11 is 0. The first-order chi connectivity index (χ1) is 3.43. The molecule has 38 valence electrons. The van der Waals surface area contributed by atoms with Gasteiger partial charge in [-0.1, -0.05) is 0 Å². The molecule has 0 unspecified atom stereocenters. The van der Waals surface area contributed by atoms with Crippen LogP contribution >= 0.6 is 0 Å². The lowest BCUT2D eigenvalue weighted by Gasteiger charge is -2.04. The van der Waals surface area contributed by atoms with Crippen LogP contribution in [0.15, 0.2) is 12.5 Å². The highest BCUT2D eigenvalue weighted by atomic mass is 16.5. The van der Waals surface area contributed by atoms with Gasteiger partial charge in [-0.15, -0.1) is 0 Å². The second-order valence-corrected chi connectivity index (χ2v) is 1.28. The normalized spacial score (nSPS) is 17.6. The molecule has 0 aromatic rings. The van der Waals surface area contributed by atoms with Gasteiger partial charge >= 0.3 is 6.73 Å². The lowest BCUT2D eigenvalue weighted by molar-refractivity contribution is 0.263. The minimum Gasteiger partial charge on any atom is -0.462 e. The van der Waals surface area contributed by atoms with Crippen molar-refractivity contribution in [1.82, 2.24) is 4.90 Å². The van der Waals surface area contributed by atoms with Gasteiger partial charge in [0.25, 0.3) is 0 Å². The van der Waals surface area contributed by atoms with Crippen LogP contribution in [0.2, 0.25) is 0 Å². The maximum Gasteiger partial charge on any atom is 0.314 e. The van der Waals surface area contributed by atoms with E-state index in [-0.39, 0.29) is 0 Å². The van der Waals surface area contributed by atoms with Crippen LogP contribution in [0.3, 0.4) is 0 Å². The molecule has 2 nitrogen and oxygen atoms in total. The Balaban J connectivity index is 2.28. The van der Waals surface area contributed by atoms with Gasteiger partial charge in [0.15, 0.2) is 0 Å². The minimum absolute atomic E-state index is 0.927. The summed E-state index contributed by atoms with van der Waals surface area (Å²) < 4.78 is 4.64. The Morgan fingerprint density at radius 3 is 3.00 bits per heavy atom. The number of rotatable bonds is 1. The molecule has 2 heteroatoms. The van der Waals surface area contributed by atoms with Crippen molar-refractivity contribution in [2.24, 2.45) is 0 Å². The van der Waals surface area contributed by atoms with E-state index in [1.54, 1.807) is 6.26 Å². The molecule has 0 saturated heterocycles. The zero-order chi connectivity index (χ0) is 5.11. The van der Waals surface area contributed by atoms with Crippen molar-refractivity contribution in [1.29, 1.82) is 0 Å². The molecule has 0 spiro atoms. The van der Waals surface area contributed by atoms with Gasteiger partial charge in [-0.2, -0.15) is 0 Å². The van der Waals surface area contributed by atoms with E-state index in [0.29, 0.717) is 0 Å². The number of ether oxygens (including phenoxy) is 1. The topological polar surface area (TPSA) is 12.5 Å². The SMILES string of the molecule is CCN1[C]OC=C1. The monoisotopic (exact) mass is 97.1 g/mol. The molecule has 0 saturated carbocycles. The van der Waals surface area contributed by atoms with E-state index in [2.05, 4.69) is 11.5 Å². The van der Waals surface area contributed by atoms with E-state index >= 15 is 0 Å². The first-order valence-corrected chi connectivity index (χ1v) is 2.28. The molecule has 0 aliphatic carbocycles. The van der Waals surface area contributed by atoms with E-state index in [9.17, 15) is 0 Å². The molecule has 2 radical (unpaired) electrons. The van der Waals surface area contributed by atoms with E-state index < -0.39 is 0 Å². The zero-order valence-corrected chi connectivity index (χ0v) is 4.22. The zero-order valence-electron chi connectivity index (χ0n) is 4.22. The van der Waals surface area contributed by atoms with Gasteiger partial charge in [0.05, 0.1) is 0 Å². The molecule has 1 aliphatic rings. The highest BCUT2D eigenvalue weighted by Crippen LogP contribution is 2.02. The summed E-state index contributed by atoms with van der Waals surface area (Å²) in [6.45, 7) is 5.59. The fourth-order valence-electron chi connectivity index (χ4n) is 0.402. The van der Waals surface area contributed by atoms with E-state index in [4.69, 9.17) is 0 Å². The van der Waals surface area contributed by atoms with Crippen molar-refractivity contribution in [3.05, 3.63) is 19.2 Å². The van der Waals surface area contributed by atoms with Crippen LogP contribution in [-0.4, -0.2) is 11.4 Å². The number of hydrogen-bond acceptors (Lipinski definition) is 2. The van der Waals surface area contributed by atoms with Crippen LogP contribution in [0.1, 0.15) is 6.92 Å². The Hall–Kier alpha value is -0.660. The summed E-state index contributed by atoms with van der Waals surface area (Å²) in [4.78, 5) is 1.83. The van der Waals surface area contributed by atoms with Crippen molar-refractivity contribution in [3.63, 3.8) is 0 Å². The Bertz CT molecular complexity index is 80.1. The van der Waals surface area contributed by atoms with Crippen LogP contribution in [0.5, 0.6) is 0 Å². The van der Waals surface area contributed by atoms with Gasteiger partial charge in [-0.05, 0) is 6.92 Å². The molecule has 1 rings (SSSR count). The predicted octanol–water partition coefficient (Wildman–Crippen LogP) is 0.806. The summed E-state index contributed by atoms with van der Waals surface area (Å²) in [5.74, 6) is 0. The Morgan fingerprint density at radius 2 is 2.71 bits per heavy atom. The second kappa shape index (κ2) is 1.87. The van der Waals surface area contributed by atoms with Crippen LogP contribution < -0.4 is 0 Å². The smallest absolute Gasteiger partial charge is 0.314 e. The largest absolute Gasteiger partial charge is 0.462 e. The van der Waals surface area contributed by atoms with E-state index in [1.165, 1.54) is 0 Å². The molecule has 0 N–H and O–H groups in total. The Morgan fingerprint density at radius 1 is 1.86 bits per heavy atom. The fourth-order valence-corrected chi connectivity index (χ4v) is 0.402. The van der Waals surface area contributed by atoms with Crippen molar-refractivity contribution >= 4 is 0 Å². The molecule has 0 atom stereocenters. The van der Waals surface area contributed by atoms with Gasteiger partial charge in [0.2, 0.25) is 0 Å². The third-order valence-corrected chi connectivity index (χ3v) is 0.819. The summed E-state index contributed by atoms with van der Waals surface area (Å²) in [7, 11) is 0. The van der Waals surface area contributed by atoms with Crippen LogP contribution in [-0.2, 0) is 4.74 Å². The van der Waals surface area contributed by atoms with Gasteiger partial charge in [-0.3, -0.25) is 0 Å². The average molecular weight is 97.1 g/mol. The van der Waals surface area contributed by atoms with Gasteiger partial charge in [0.1, 0.15) is 6.26 Å². The molecular weight excluding hydrogens is 90.1 g/mol. The molecule has 1 heterocycles. The second-order valence-electron chi connectivity index (χ2n) is 1.28. The summed E-state index contributed by atoms with van der Waals surface area (Å²) in [5.41, 5.74) is 0. The molecule has 0 amide bonds. The summed E-state index contributed by atoms with van der Waals surface area (Å²) in [5, 5.41) is 0. The molecule has 0 aromatic carbocycles. The number of nitrogens with zero attached hydrogens (tertiary/aromatic N) is 1. The fraction of sp³-hybridized carbons (Fsp3) is 0.400. The number of hydrogen-bond donors (Lipinski definition) is 0. The van der Waals surface area contributed by atoms with Crippen molar-refractivity contribution < 1.29 is 4.74 Å². The molecule has 7 heavy (non-hydrogen) atoms. The highest BCUT2D eigenvalue weighted by Gasteiger charge is 2.02. The van der Waals surface area contributed by atoms with Crippen LogP contribution in [0.25, 0.3) is 0 Å². The Kier molecular flexibility index (Phi) is 1.20. The summed E-state index contributed by atoms with van der Waals surface area (Å²) in [6, 6.07) is 0. The first kappa shape index (κ1) is 4.50. The van der Waals surface area contributed by atoms with Crippen LogP contribution in [0.4, 0.5) is 0 Å². The molecule has 0 fully saturated rings. The van der Waals surface area contributed by atoms with Crippen molar-refractivity contribution in [3.8, 4) is 0 Å².